The number of piperidine rings is 1. The summed E-state index contributed by atoms with van der Waals surface area (Å²) in [5, 5.41) is 6.03. The van der Waals surface area contributed by atoms with Crippen molar-refractivity contribution in [2.45, 2.75) is 31.5 Å². The number of nitrogens with one attached hydrogen (secondary N) is 2. The number of nitrogens with zero attached hydrogens (tertiary/aromatic N) is 2. The monoisotopic (exact) mass is 368 g/mol. The summed E-state index contributed by atoms with van der Waals surface area (Å²) in [6, 6.07) is 14.1. The Kier molecular flexibility index (Phi) is 7.19. The molecule has 2 heterocycles. The quantitative estimate of drug-likeness (QED) is 0.789. The highest BCUT2D eigenvalue weighted by Gasteiger charge is 2.21. The fourth-order valence-electron chi connectivity index (χ4n) is 3.41. The predicted octanol–water partition coefficient (Wildman–Crippen LogP) is 2.73. The lowest BCUT2D eigenvalue weighted by Gasteiger charge is -2.32. The number of carbonyl (C=O) groups excluding carboxylic acids is 1. The highest BCUT2D eigenvalue weighted by molar-refractivity contribution is 5.74. The van der Waals surface area contributed by atoms with Gasteiger partial charge in [0.1, 0.15) is 0 Å². The Labute approximate surface area is 160 Å². The summed E-state index contributed by atoms with van der Waals surface area (Å²) < 4.78 is 5.49. The summed E-state index contributed by atoms with van der Waals surface area (Å²) in [6.07, 6.45) is 5.45. The molecule has 1 aliphatic rings. The van der Waals surface area contributed by atoms with Crippen LogP contribution in [0.4, 0.5) is 4.79 Å². The van der Waals surface area contributed by atoms with Gasteiger partial charge in [-0.2, -0.15) is 0 Å². The number of urea groups is 1. The van der Waals surface area contributed by atoms with Crippen molar-refractivity contribution in [3.8, 4) is 0 Å². The first kappa shape index (κ1) is 19.3. The second-order valence-corrected chi connectivity index (χ2v) is 6.90. The van der Waals surface area contributed by atoms with Crippen LogP contribution < -0.4 is 10.6 Å². The van der Waals surface area contributed by atoms with E-state index < -0.39 is 0 Å². The fraction of sp³-hybridized carbons (Fsp3) is 0.429. The van der Waals surface area contributed by atoms with Crippen molar-refractivity contribution in [2.75, 3.05) is 26.7 Å². The summed E-state index contributed by atoms with van der Waals surface area (Å²) >= 11 is 0. The first-order valence-corrected chi connectivity index (χ1v) is 9.48. The average Bonchev–Trinajstić information content (AvgIpc) is 2.71. The van der Waals surface area contributed by atoms with Crippen molar-refractivity contribution in [1.29, 1.82) is 0 Å². The van der Waals surface area contributed by atoms with Crippen molar-refractivity contribution in [2.24, 2.45) is 0 Å². The van der Waals surface area contributed by atoms with Crippen LogP contribution in [-0.4, -0.2) is 48.7 Å². The van der Waals surface area contributed by atoms with Gasteiger partial charge in [-0.1, -0.05) is 30.3 Å². The Hall–Kier alpha value is -2.44. The molecule has 2 aromatic rings. The van der Waals surface area contributed by atoms with E-state index in [0.717, 1.165) is 38.0 Å². The molecular weight excluding hydrogens is 340 g/mol. The molecule has 0 spiro atoms. The van der Waals surface area contributed by atoms with Crippen molar-refractivity contribution in [1.82, 2.24) is 20.5 Å². The van der Waals surface area contributed by atoms with Crippen LogP contribution in [0.1, 0.15) is 30.1 Å². The summed E-state index contributed by atoms with van der Waals surface area (Å²) in [7, 11) is 1.66. The molecule has 6 nitrogen and oxygen atoms in total. The van der Waals surface area contributed by atoms with Gasteiger partial charge in [-0.3, -0.25) is 9.88 Å². The van der Waals surface area contributed by atoms with Crippen LogP contribution in [0, 0.1) is 0 Å². The molecule has 1 atom stereocenters. The zero-order chi connectivity index (χ0) is 18.9. The number of hydrogen-bond acceptors (Lipinski definition) is 4. The van der Waals surface area contributed by atoms with E-state index in [1.807, 2.05) is 42.7 Å². The lowest BCUT2D eigenvalue weighted by atomic mass is 10.0. The molecule has 0 unspecified atom stereocenters. The van der Waals surface area contributed by atoms with E-state index in [4.69, 9.17) is 4.74 Å². The lowest BCUT2D eigenvalue weighted by Crippen LogP contribution is -2.48. The number of ether oxygens (including phenoxy) is 1. The molecule has 0 saturated carbocycles. The van der Waals surface area contributed by atoms with E-state index in [-0.39, 0.29) is 18.2 Å². The van der Waals surface area contributed by atoms with Gasteiger partial charge in [0, 0.05) is 51.7 Å². The Balaban J connectivity index is 1.38. The van der Waals surface area contributed by atoms with Gasteiger partial charge in [0.25, 0.3) is 0 Å². The second-order valence-electron chi connectivity index (χ2n) is 6.90. The standard InChI is InChI=1S/C21H28N4O2/c1-27-20(18-5-3-2-4-6-18)15-23-21(26)24-19-9-13-25(14-10-19)16-17-7-11-22-12-8-17/h2-8,11-12,19-20H,9-10,13-16H2,1H3,(H2,23,24,26)/t20-/m0/s1. The molecule has 2 amide bonds. The van der Waals surface area contributed by atoms with Gasteiger partial charge >= 0.3 is 6.03 Å². The van der Waals surface area contributed by atoms with Crippen molar-refractivity contribution in [3.05, 3.63) is 66.0 Å². The van der Waals surface area contributed by atoms with E-state index in [9.17, 15) is 4.79 Å². The van der Waals surface area contributed by atoms with Crippen LogP contribution in [0.15, 0.2) is 54.9 Å². The zero-order valence-electron chi connectivity index (χ0n) is 15.8. The highest BCUT2D eigenvalue weighted by Crippen LogP contribution is 2.15. The number of carbonyl (C=O) groups is 1. The minimum absolute atomic E-state index is 0.124. The number of pyridine rings is 1. The van der Waals surface area contributed by atoms with E-state index in [0.29, 0.717) is 6.54 Å². The first-order valence-electron chi connectivity index (χ1n) is 9.48. The Morgan fingerprint density at radius 3 is 2.56 bits per heavy atom. The van der Waals surface area contributed by atoms with Crippen LogP contribution in [0.3, 0.4) is 0 Å². The van der Waals surface area contributed by atoms with E-state index in [2.05, 4.69) is 32.7 Å². The number of hydrogen-bond donors (Lipinski definition) is 2. The molecule has 3 rings (SSSR count). The molecule has 0 aliphatic carbocycles. The molecule has 144 valence electrons. The highest BCUT2D eigenvalue weighted by atomic mass is 16.5. The van der Waals surface area contributed by atoms with Crippen LogP contribution in [0.25, 0.3) is 0 Å². The lowest BCUT2D eigenvalue weighted by molar-refractivity contribution is 0.103. The SMILES string of the molecule is CO[C@@H](CNC(=O)NC1CCN(Cc2ccncc2)CC1)c1ccccc1. The van der Waals surface area contributed by atoms with Crippen LogP contribution in [-0.2, 0) is 11.3 Å². The Morgan fingerprint density at radius 1 is 1.19 bits per heavy atom. The van der Waals surface area contributed by atoms with Crippen molar-refractivity contribution >= 4 is 6.03 Å². The third-order valence-electron chi connectivity index (χ3n) is 4.98. The maximum absolute atomic E-state index is 12.2. The maximum atomic E-state index is 12.2. The Bertz CT molecular complexity index is 688. The van der Waals surface area contributed by atoms with Crippen LogP contribution >= 0.6 is 0 Å². The summed E-state index contributed by atoms with van der Waals surface area (Å²) in [5.74, 6) is 0. The fourth-order valence-corrected chi connectivity index (χ4v) is 3.41. The molecule has 1 aromatic heterocycles. The molecule has 27 heavy (non-hydrogen) atoms. The minimum atomic E-state index is -0.140. The van der Waals surface area contributed by atoms with Crippen molar-refractivity contribution < 1.29 is 9.53 Å². The van der Waals surface area contributed by atoms with Gasteiger partial charge in [-0.25, -0.2) is 4.79 Å². The van der Waals surface area contributed by atoms with Gasteiger partial charge in [-0.05, 0) is 36.1 Å². The topological polar surface area (TPSA) is 66.5 Å². The number of rotatable bonds is 7. The summed E-state index contributed by atoms with van der Waals surface area (Å²) in [6.45, 7) is 3.36. The number of aromatic nitrogens is 1. The van der Waals surface area contributed by atoms with E-state index in [1.165, 1.54) is 5.56 Å². The molecule has 2 N–H and O–H groups in total. The molecule has 1 fully saturated rings. The van der Waals surface area contributed by atoms with E-state index >= 15 is 0 Å². The zero-order valence-corrected chi connectivity index (χ0v) is 15.8. The smallest absolute Gasteiger partial charge is 0.315 e. The third-order valence-corrected chi connectivity index (χ3v) is 4.98. The molecule has 0 radical (unpaired) electrons. The number of amides is 2. The van der Waals surface area contributed by atoms with Crippen LogP contribution in [0.2, 0.25) is 0 Å². The Morgan fingerprint density at radius 2 is 1.89 bits per heavy atom. The molecule has 0 bridgehead atoms. The van der Waals surface area contributed by atoms with Gasteiger partial charge in [-0.15, -0.1) is 0 Å². The molecule has 6 heteroatoms. The third kappa shape index (κ3) is 6.05. The maximum Gasteiger partial charge on any atom is 0.315 e. The molecule has 1 aromatic carbocycles. The second kappa shape index (κ2) is 10.0. The van der Waals surface area contributed by atoms with Gasteiger partial charge in [0.2, 0.25) is 0 Å². The average molecular weight is 368 g/mol. The summed E-state index contributed by atoms with van der Waals surface area (Å²) in [4.78, 5) is 18.7. The first-order chi connectivity index (χ1) is 13.2. The molecule has 1 aliphatic heterocycles. The number of benzene rings is 1. The molecular formula is C21H28N4O2. The van der Waals surface area contributed by atoms with Crippen molar-refractivity contribution in [3.63, 3.8) is 0 Å². The minimum Gasteiger partial charge on any atom is -0.375 e. The number of likely N-dealkylation sites (tertiary alicyclic amines) is 1. The largest absolute Gasteiger partial charge is 0.375 e. The normalized spacial score (nSPS) is 16.6. The van der Waals surface area contributed by atoms with E-state index in [1.54, 1.807) is 7.11 Å². The molecule has 1 saturated heterocycles. The predicted molar refractivity (Wildman–Crippen MR) is 105 cm³/mol. The number of methoxy groups -OCH3 is 1. The van der Waals surface area contributed by atoms with Gasteiger partial charge < -0.3 is 15.4 Å². The van der Waals surface area contributed by atoms with Gasteiger partial charge in [0.15, 0.2) is 0 Å². The van der Waals surface area contributed by atoms with Gasteiger partial charge in [0.05, 0.1) is 6.10 Å². The van der Waals surface area contributed by atoms with Crippen LogP contribution in [0.5, 0.6) is 0 Å². The summed E-state index contributed by atoms with van der Waals surface area (Å²) in [5.41, 5.74) is 2.34.